The van der Waals surface area contributed by atoms with Crippen molar-refractivity contribution in [3.63, 3.8) is 0 Å². The summed E-state index contributed by atoms with van der Waals surface area (Å²) in [5.74, 6) is 0.898. The maximum atomic E-state index is 13.3. The van der Waals surface area contributed by atoms with Gasteiger partial charge in [-0.15, -0.1) is 0 Å². The standard InChI is InChI=1S/C15H12FN3O2/c1-20-11-5-2-9(3-6-11)14-18-15(21-19-14)12-8-10(16)4-7-13(12)17/h2-8H,17H2,1H3. The zero-order valence-electron chi connectivity index (χ0n) is 11.2. The minimum Gasteiger partial charge on any atom is -0.497 e. The van der Waals surface area contributed by atoms with Gasteiger partial charge in [-0.2, -0.15) is 4.98 Å². The van der Waals surface area contributed by atoms with Crippen LogP contribution >= 0.6 is 0 Å². The molecule has 3 aromatic rings. The topological polar surface area (TPSA) is 74.2 Å². The minimum absolute atomic E-state index is 0.179. The molecule has 5 nitrogen and oxygen atoms in total. The van der Waals surface area contributed by atoms with Gasteiger partial charge < -0.3 is 15.0 Å². The fourth-order valence-electron chi connectivity index (χ4n) is 1.90. The summed E-state index contributed by atoms with van der Waals surface area (Å²) in [6, 6.07) is 11.2. The van der Waals surface area contributed by atoms with Crippen molar-refractivity contribution in [1.29, 1.82) is 0 Å². The molecule has 21 heavy (non-hydrogen) atoms. The Morgan fingerprint density at radius 3 is 2.62 bits per heavy atom. The van der Waals surface area contributed by atoms with Crippen molar-refractivity contribution >= 4 is 5.69 Å². The molecule has 2 N–H and O–H groups in total. The predicted octanol–water partition coefficient (Wildman–Crippen LogP) is 3.13. The second-order valence-corrected chi connectivity index (χ2v) is 4.38. The second kappa shape index (κ2) is 5.24. The van der Waals surface area contributed by atoms with Gasteiger partial charge in [0.2, 0.25) is 5.82 Å². The van der Waals surface area contributed by atoms with Gasteiger partial charge in [0, 0.05) is 11.3 Å². The quantitative estimate of drug-likeness (QED) is 0.748. The van der Waals surface area contributed by atoms with Crippen molar-refractivity contribution in [2.45, 2.75) is 0 Å². The maximum absolute atomic E-state index is 13.3. The van der Waals surface area contributed by atoms with Crippen molar-refractivity contribution in [2.24, 2.45) is 0 Å². The first kappa shape index (κ1) is 13.1. The average Bonchev–Trinajstić information content (AvgIpc) is 2.99. The summed E-state index contributed by atoms with van der Waals surface area (Å²) in [6.07, 6.45) is 0. The molecule has 6 heteroatoms. The lowest BCUT2D eigenvalue weighted by atomic mass is 10.1. The van der Waals surface area contributed by atoms with Gasteiger partial charge in [0.15, 0.2) is 0 Å². The number of aromatic nitrogens is 2. The molecular formula is C15H12FN3O2. The molecular weight excluding hydrogens is 273 g/mol. The van der Waals surface area contributed by atoms with Crippen molar-refractivity contribution in [3.8, 4) is 28.6 Å². The number of anilines is 1. The summed E-state index contributed by atoms with van der Waals surface area (Å²) in [4.78, 5) is 4.24. The van der Waals surface area contributed by atoms with E-state index in [2.05, 4.69) is 10.1 Å². The van der Waals surface area contributed by atoms with E-state index < -0.39 is 5.82 Å². The number of nitrogen functional groups attached to an aromatic ring is 1. The molecule has 0 bridgehead atoms. The zero-order valence-corrected chi connectivity index (χ0v) is 11.2. The summed E-state index contributed by atoms with van der Waals surface area (Å²) >= 11 is 0. The third-order valence-corrected chi connectivity index (χ3v) is 3.02. The van der Waals surface area contributed by atoms with Crippen LogP contribution in [0.5, 0.6) is 5.75 Å². The van der Waals surface area contributed by atoms with Gasteiger partial charge in [0.1, 0.15) is 11.6 Å². The van der Waals surface area contributed by atoms with E-state index in [0.717, 1.165) is 11.3 Å². The third-order valence-electron chi connectivity index (χ3n) is 3.02. The zero-order chi connectivity index (χ0) is 14.8. The van der Waals surface area contributed by atoms with Gasteiger partial charge in [0.25, 0.3) is 5.89 Å². The summed E-state index contributed by atoms with van der Waals surface area (Å²) in [7, 11) is 1.59. The first-order valence-electron chi connectivity index (χ1n) is 6.21. The van der Waals surface area contributed by atoms with E-state index in [1.54, 1.807) is 19.2 Å². The van der Waals surface area contributed by atoms with E-state index in [0.29, 0.717) is 17.1 Å². The highest BCUT2D eigenvalue weighted by Crippen LogP contribution is 2.28. The number of ether oxygens (including phenoxy) is 1. The number of halogens is 1. The maximum Gasteiger partial charge on any atom is 0.260 e. The fraction of sp³-hybridized carbons (Fsp3) is 0.0667. The van der Waals surface area contributed by atoms with Crippen molar-refractivity contribution < 1.29 is 13.7 Å². The van der Waals surface area contributed by atoms with Crippen LogP contribution < -0.4 is 10.5 Å². The molecule has 106 valence electrons. The van der Waals surface area contributed by atoms with Crippen molar-refractivity contribution in [2.75, 3.05) is 12.8 Å². The molecule has 0 radical (unpaired) electrons. The molecule has 0 unspecified atom stereocenters. The van der Waals surface area contributed by atoms with E-state index in [-0.39, 0.29) is 5.89 Å². The molecule has 1 heterocycles. The van der Waals surface area contributed by atoms with Crippen LogP contribution in [0.25, 0.3) is 22.8 Å². The number of hydrogen-bond donors (Lipinski definition) is 1. The normalized spacial score (nSPS) is 10.6. The molecule has 0 aliphatic carbocycles. The summed E-state index contributed by atoms with van der Waals surface area (Å²) < 4.78 is 23.5. The predicted molar refractivity (Wildman–Crippen MR) is 76.1 cm³/mol. The molecule has 0 spiro atoms. The molecule has 0 atom stereocenters. The lowest BCUT2D eigenvalue weighted by Gasteiger charge is -2.00. The van der Waals surface area contributed by atoms with Crippen LogP contribution in [0.1, 0.15) is 0 Å². The van der Waals surface area contributed by atoms with Crippen LogP contribution in [0.4, 0.5) is 10.1 Å². The number of rotatable bonds is 3. The number of nitrogens with zero attached hydrogens (tertiary/aromatic N) is 2. The molecule has 0 aliphatic heterocycles. The molecule has 2 aromatic carbocycles. The number of hydrogen-bond acceptors (Lipinski definition) is 5. The van der Waals surface area contributed by atoms with Crippen molar-refractivity contribution in [3.05, 3.63) is 48.3 Å². The average molecular weight is 285 g/mol. The molecule has 0 amide bonds. The third kappa shape index (κ3) is 2.55. The Hall–Kier alpha value is -2.89. The molecule has 0 saturated carbocycles. The Balaban J connectivity index is 1.97. The molecule has 1 aromatic heterocycles. The first-order chi connectivity index (χ1) is 10.2. The first-order valence-corrected chi connectivity index (χ1v) is 6.21. The van der Waals surface area contributed by atoms with E-state index in [1.807, 2.05) is 12.1 Å². The largest absolute Gasteiger partial charge is 0.497 e. The molecule has 0 aliphatic rings. The number of methoxy groups -OCH3 is 1. The van der Waals surface area contributed by atoms with Crippen LogP contribution in [-0.2, 0) is 0 Å². The fourth-order valence-corrected chi connectivity index (χ4v) is 1.90. The smallest absolute Gasteiger partial charge is 0.260 e. The lowest BCUT2D eigenvalue weighted by Crippen LogP contribution is -1.91. The number of nitrogens with two attached hydrogens (primary N) is 1. The molecule has 3 rings (SSSR count). The SMILES string of the molecule is COc1ccc(-c2noc(-c3cc(F)ccc3N)n2)cc1. The van der Waals surface area contributed by atoms with Crippen LogP contribution in [0.15, 0.2) is 47.0 Å². The van der Waals surface area contributed by atoms with Gasteiger partial charge in [-0.3, -0.25) is 0 Å². The summed E-state index contributed by atoms with van der Waals surface area (Å²) in [5, 5.41) is 3.88. The van der Waals surface area contributed by atoms with Crippen LogP contribution in [0.2, 0.25) is 0 Å². The summed E-state index contributed by atoms with van der Waals surface area (Å²) in [5.41, 5.74) is 7.31. The Morgan fingerprint density at radius 1 is 1.14 bits per heavy atom. The molecule has 0 fully saturated rings. The Labute approximate surface area is 120 Å². The van der Waals surface area contributed by atoms with Gasteiger partial charge >= 0.3 is 0 Å². The minimum atomic E-state index is -0.414. The van der Waals surface area contributed by atoms with Crippen LogP contribution in [0.3, 0.4) is 0 Å². The number of benzene rings is 2. The highest BCUT2D eigenvalue weighted by atomic mass is 19.1. The lowest BCUT2D eigenvalue weighted by molar-refractivity contribution is 0.415. The van der Waals surface area contributed by atoms with E-state index >= 15 is 0 Å². The van der Waals surface area contributed by atoms with E-state index in [1.165, 1.54) is 18.2 Å². The van der Waals surface area contributed by atoms with E-state index in [4.69, 9.17) is 15.0 Å². The second-order valence-electron chi connectivity index (χ2n) is 4.38. The monoisotopic (exact) mass is 285 g/mol. The van der Waals surface area contributed by atoms with Crippen LogP contribution in [0, 0.1) is 5.82 Å². The van der Waals surface area contributed by atoms with Gasteiger partial charge in [-0.25, -0.2) is 4.39 Å². The Kier molecular flexibility index (Phi) is 3.27. The van der Waals surface area contributed by atoms with Gasteiger partial charge in [0.05, 0.1) is 12.7 Å². The highest BCUT2D eigenvalue weighted by molar-refractivity contribution is 5.71. The highest BCUT2D eigenvalue weighted by Gasteiger charge is 2.14. The molecule has 0 saturated heterocycles. The Bertz CT molecular complexity index is 769. The van der Waals surface area contributed by atoms with Crippen molar-refractivity contribution in [1.82, 2.24) is 10.1 Å². The summed E-state index contributed by atoms with van der Waals surface area (Å²) in [6.45, 7) is 0. The Morgan fingerprint density at radius 2 is 1.90 bits per heavy atom. The van der Waals surface area contributed by atoms with Crippen LogP contribution in [-0.4, -0.2) is 17.3 Å². The van der Waals surface area contributed by atoms with Gasteiger partial charge in [-0.1, -0.05) is 5.16 Å². The van der Waals surface area contributed by atoms with E-state index in [9.17, 15) is 4.39 Å². The van der Waals surface area contributed by atoms with Gasteiger partial charge in [-0.05, 0) is 42.5 Å².